The van der Waals surface area contributed by atoms with Crippen LogP contribution in [0.25, 0.3) is 0 Å². The first kappa shape index (κ1) is 18.9. The highest BCUT2D eigenvalue weighted by atomic mass is 79.9. The summed E-state index contributed by atoms with van der Waals surface area (Å²) in [5.41, 5.74) is 3.75. The van der Waals surface area contributed by atoms with E-state index in [1.165, 1.54) is 11.6 Å². The molecule has 0 atom stereocenters. The molecule has 1 N–H and O–H groups in total. The van der Waals surface area contributed by atoms with Gasteiger partial charge in [-0.05, 0) is 53.2 Å². The molecule has 0 spiro atoms. The van der Waals surface area contributed by atoms with E-state index in [0.717, 1.165) is 20.2 Å². The number of hydrogen-bond donors (Lipinski definition) is 1. The predicted octanol–water partition coefficient (Wildman–Crippen LogP) is 6.85. The van der Waals surface area contributed by atoms with Crippen molar-refractivity contribution in [2.75, 3.05) is 5.32 Å². The second-order valence-electron chi connectivity index (χ2n) is 5.98. The van der Waals surface area contributed by atoms with Gasteiger partial charge in [-0.25, -0.2) is 4.39 Å². The van der Waals surface area contributed by atoms with E-state index in [-0.39, 0.29) is 12.4 Å². The average molecular weight is 479 g/mol. The zero-order chi connectivity index (χ0) is 18.5. The van der Waals surface area contributed by atoms with Gasteiger partial charge in [-0.2, -0.15) is 0 Å². The van der Waals surface area contributed by atoms with Gasteiger partial charge in [-0.1, -0.05) is 51.8 Å². The van der Waals surface area contributed by atoms with Gasteiger partial charge in [0.25, 0.3) is 0 Å². The largest absolute Gasteiger partial charge is 0.487 e. The zero-order valence-corrected chi connectivity index (χ0v) is 17.4. The van der Waals surface area contributed by atoms with E-state index in [0.29, 0.717) is 17.9 Å². The smallest absolute Gasteiger partial charge is 0.139 e. The summed E-state index contributed by atoms with van der Waals surface area (Å²) in [4.78, 5) is 0. The van der Waals surface area contributed by atoms with E-state index >= 15 is 0 Å². The van der Waals surface area contributed by atoms with E-state index in [4.69, 9.17) is 4.74 Å². The molecule has 0 radical (unpaired) electrons. The SMILES string of the molecule is Cc1ccc(NCc2cc(Br)cc(Br)c2OCc2ccccc2F)cc1. The lowest BCUT2D eigenvalue weighted by Gasteiger charge is -2.16. The van der Waals surface area contributed by atoms with Crippen molar-refractivity contribution < 1.29 is 9.13 Å². The third-order valence-electron chi connectivity index (χ3n) is 3.95. The lowest BCUT2D eigenvalue weighted by atomic mass is 10.1. The van der Waals surface area contributed by atoms with Gasteiger partial charge >= 0.3 is 0 Å². The van der Waals surface area contributed by atoms with Crippen LogP contribution in [0.4, 0.5) is 10.1 Å². The van der Waals surface area contributed by atoms with Crippen molar-refractivity contribution in [3.05, 3.63) is 92.1 Å². The lowest BCUT2D eigenvalue weighted by molar-refractivity contribution is 0.295. The van der Waals surface area contributed by atoms with Crippen molar-refractivity contribution in [3.63, 3.8) is 0 Å². The Morgan fingerprint density at radius 3 is 2.42 bits per heavy atom. The fourth-order valence-electron chi connectivity index (χ4n) is 2.54. The number of anilines is 1. The highest BCUT2D eigenvalue weighted by Gasteiger charge is 2.12. The zero-order valence-electron chi connectivity index (χ0n) is 14.2. The Kier molecular flexibility index (Phi) is 6.33. The maximum Gasteiger partial charge on any atom is 0.139 e. The molecule has 3 rings (SSSR count). The molecule has 0 heterocycles. The fraction of sp³-hybridized carbons (Fsp3) is 0.143. The Bertz CT molecular complexity index is 897. The first-order chi connectivity index (χ1) is 12.5. The molecule has 0 aliphatic heterocycles. The van der Waals surface area contributed by atoms with E-state index in [1.54, 1.807) is 18.2 Å². The van der Waals surface area contributed by atoms with Crippen LogP contribution in [0.3, 0.4) is 0 Å². The van der Waals surface area contributed by atoms with E-state index in [2.05, 4.69) is 56.2 Å². The minimum Gasteiger partial charge on any atom is -0.487 e. The second kappa shape index (κ2) is 8.69. The van der Waals surface area contributed by atoms with Crippen molar-refractivity contribution in [2.45, 2.75) is 20.1 Å². The molecule has 0 aromatic heterocycles. The van der Waals surface area contributed by atoms with Crippen molar-refractivity contribution >= 4 is 37.5 Å². The summed E-state index contributed by atoms with van der Waals surface area (Å²) >= 11 is 7.07. The van der Waals surface area contributed by atoms with Gasteiger partial charge in [0.05, 0.1) is 4.47 Å². The number of nitrogens with one attached hydrogen (secondary N) is 1. The molecule has 0 saturated carbocycles. The van der Waals surface area contributed by atoms with Crippen molar-refractivity contribution in [1.82, 2.24) is 0 Å². The molecule has 0 amide bonds. The molecule has 0 aliphatic carbocycles. The highest BCUT2D eigenvalue weighted by molar-refractivity contribution is 9.11. The molecule has 134 valence electrons. The lowest BCUT2D eigenvalue weighted by Crippen LogP contribution is -2.05. The molecule has 0 bridgehead atoms. The molecule has 3 aromatic carbocycles. The number of benzene rings is 3. The van der Waals surface area contributed by atoms with Gasteiger partial charge in [0.1, 0.15) is 18.2 Å². The number of halogens is 3. The number of ether oxygens (including phenoxy) is 1. The Morgan fingerprint density at radius 2 is 1.69 bits per heavy atom. The van der Waals surface area contributed by atoms with Crippen LogP contribution in [0.1, 0.15) is 16.7 Å². The molecular weight excluding hydrogens is 461 g/mol. The predicted molar refractivity (Wildman–Crippen MR) is 111 cm³/mol. The average Bonchev–Trinajstić information content (AvgIpc) is 2.61. The van der Waals surface area contributed by atoms with Crippen LogP contribution in [0.2, 0.25) is 0 Å². The first-order valence-electron chi connectivity index (χ1n) is 8.17. The van der Waals surface area contributed by atoms with E-state index < -0.39 is 0 Å². The summed E-state index contributed by atoms with van der Waals surface area (Å²) in [5, 5.41) is 3.40. The minimum atomic E-state index is -0.264. The van der Waals surface area contributed by atoms with Gasteiger partial charge in [0.2, 0.25) is 0 Å². The molecule has 26 heavy (non-hydrogen) atoms. The number of hydrogen-bond acceptors (Lipinski definition) is 2. The number of aryl methyl sites for hydroxylation is 1. The standard InChI is InChI=1S/C21H18Br2FNO/c1-14-6-8-18(9-7-14)25-12-16-10-17(22)11-19(23)21(16)26-13-15-4-2-3-5-20(15)24/h2-11,25H,12-13H2,1H3. The normalized spacial score (nSPS) is 10.6. The van der Waals surface area contributed by atoms with Crippen molar-refractivity contribution in [1.29, 1.82) is 0 Å². The van der Waals surface area contributed by atoms with Crippen LogP contribution in [0, 0.1) is 12.7 Å². The summed E-state index contributed by atoms with van der Waals surface area (Å²) in [6, 6.07) is 18.8. The third kappa shape index (κ3) is 4.86. The molecule has 0 unspecified atom stereocenters. The minimum absolute atomic E-state index is 0.171. The van der Waals surface area contributed by atoms with E-state index in [9.17, 15) is 4.39 Å². The molecule has 0 fully saturated rings. The third-order valence-corrected chi connectivity index (χ3v) is 5.00. The monoisotopic (exact) mass is 477 g/mol. The maximum absolute atomic E-state index is 13.8. The van der Waals surface area contributed by atoms with Gasteiger partial charge in [0, 0.05) is 27.8 Å². The van der Waals surface area contributed by atoms with Gasteiger partial charge in [0.15, 0.2) is 0 Å². The first-order valence-corrected chi connectivity index (χ1v) is 9.76. The Labute approximate surface area is 169 Å². The van der Waals surface area contributed by atoms with Crippen LogP contribution in [0.5, 0.6) is 5.75 Å². The number of rotatable bonds is 6. The summed E-state index contributed by atoms with van der Waals surface area (Å²) in [7, 11) is 0. The Hall–Kier alpha value is -1.85. The Balaban J connectivity index is 1.78. The molecular formula is C21H18Br2FNO. The van der Waals surface area contributed by atoms with Crippen LogP contribution >= 0.6 is 31.9 Å². The molecule has 2 nitrogen and oxygen atoms in total. The van der Waals surface area contributed by atoms with Crippen LogP contribution < -0.4 is 10.1 Å². The van der Waals surface area contributed by atoms with Gasteiger partial charge in [-0.15, -0.1) is 0 Å². The van der Waals surface area contributed by atoms with E-state index in [1.807, 2.05) is 24.3 Å². The van der Waals surface area contributed by atoms with Gasteiger partial charge in [-0.3, -0.25) is 0 Å². The van der Waals surface area contributed by atoms with Gasteiger partial charge < -0.3 is 10.1 Å². The van der Waals surface area contributed by atoms with Crippen molar-refractivity contribution in [3.8, 4) is 5.75 Å². The van der Waals surface area contributed by atoms with Crippen molar-refractivity contribution in [2.24, 2.45) is 0 Å². The summed E-state index contributed by atoms with van der Waals surface area (Å²) in [5.74, 6) is 0.441. The molecule has 0 saturated heterocycles. The molecule has 3 aromatic rings. The Morgan fingerprint density at radius 1 is 0.962 bits per heavy atom. The topological polar surface area (TPSA) is 21.3 Å². The fourth-order valence-corrected chi connectivity index (χ4v) is 3.97. The van der Waals surface area contributed by atoms with Crippen LogP contribution in [-0.4, -0.2) is 0 Å². The van der Waals surface area contributed by atoms with Crippen LogP contribution in [0.15, 0.2) is 69.6 Å². The maximum atomic E-state index is 13.8. The summed E-state index contributed by atoms with van der Waals surface area (Å²) in [6.07, 6.45) is 0. The molecule has 5 heteroatoms. The second-order valence-corrected chi connectivity index (χ2v) is 7.75. The molecule has 0 aliphatic rings. The summed E-state index contributed by atoms with van der Waals surface area (Å²) < 4.78 is 21.6. The van der Waals surface area contributed by atoms with Crippen LogP contribution in [-0.2, 0) is 13.2 Å². The summed E-state index contributed by atoms with van der Waals surface area (Å²) in [6.45, 7) is 2.82. The highest BCUT2D eigenvalue weighted by Crippen LogP contribution is 2.34. The quantitative estimate of drug-likeness (QED) is 0.418.